The van der Waals surface area contributed by atoms with Crippen LogP contribution in [-0.4, -0.2) is 70.1 Å². The molecule has 0 aliphatic rings. The van der Waals surface area contributed by atoms with E-state index in [2.05, 4.69) is 12.6 Å². The predicted octanol–water partition coefficient (Wildman–Crippen LogP) is -1.81. The fraction of sp³-hybridized carbons (Fsp3) is 0.667. The van der Waals surface area contributed by atoms with Crippen LogP contribution in [0.5, 0.6) is 0 Å². The van der Waals surface area contributed by atoms with Gasteiger partial charge in [-0.2, -0.15) is 12.6 Å². The third-order valence-electron chi connectivity index (χ3n) is 0.514. The zero-order chi connectivity index (χ0) is 5.86. The molecule has 1 atom stereocenters. The van der Waals surface area contributed by atoms with Crippen LogP contribution in [0.1, 0.15) is 0 Å². The Hall–Kier alpha value is 1.13. The molecule has 0 fully saturated rings. The first-order valence-corrected chi connectivity index (χ1v) is 2.41. The molecule has 0 saturated heterocycles. The maximum Gasteiger partial charge on any atom is 0.321 e. The van der Waals surface area contributed by atoms with Gasteiger partial charge in [0.1, 0.15) is 6.04 Å². The first-order valence-electron chi connectivity index (χ1n) is 1.77. The number of thiol groups is 1. The zero-order valence-electron chi connectivity index (χ0n) is 5.74. The number of carboxylic acids is 1. The van der Waals surface area contributed by atoms with Crippen LogP contribution in [0.4, 0.5) is 0 Å². The molecule has 0 rings (SSSR count). The van der Waals surface area contributed by atoms with E-state index in [0.29, 0.717) is 0 Å². The second kappa shape index (κ2) is 12.8. The summed E-state index contributed by atoms with van der Waals surface area (Å²) in [5, 5.41) is 8.01. The Bertz CT molecular complexity index is 88.9. The van der Waals surface area contributed by atoms with Crippen molar-refractivity contribution in [2.75, 3.05) is 5.75 Å². The fourth-order valence-electron chi connectivity index (χ4n) is 0.0781. The molecule has 0 aromatic heterocycles. The molecule has 0 amide bonds. The molecule has 0 saturated carbocycles. The maximum absolute atomic E-state index is 9.76. The Morgan fingerprint density at radius 3 is 2.00 bits per heavy atom. The number of rotatable bonds is 2. The molecular formula is C3H7AlLiNO2SSi. The third-order valence-corrected chi connectivity index (χ3v) is 0.907. The van der Waals surface area contributed by atoms with E-state index in [9.17, 15) is 4.79 Å². The second-order valence-corrected chi connectivity index (χ2v) is 1.49. The molecule has 10 heavy (non-hydrogen) atoms. The molecule has 0 unspecified atom stereocenters. The summed E-state index contributed by atoms with van der Waals surface area (Å²) in [7, 11) is 0. The number of carbonyl (C=O) groups is 1. The van der Waals surface area contributed by atoms with Gasteiger partial charge in [-0.25, -0.2) is 0 Å². The summed E-state index contributed by atoms with van der Waals surface area (Å²) in [6.07, 6.45) is 0. The Morgan fingerprint density at radius 1 is 1.70 bits per heavy atom. The summed E-state index contributed by atoms with van der Waals surface area (Å²) in [6.45, 7) is 0. The average molecular weight is 183 g/mol. The Labute approximate surface area is 92.9 Å². The smallest absolute Gasteiger partial charge is 0.321 e. The third kappa shape index (κ3) is 11.9. The van der Waals surface area contributed by atoms with Crippen LogP contribution in [0, 0.1) is 0 Å². The molecule has 7 heteroatoms. The van der Waals surface area contributed by atoms with Crippen molar-refractivity contribution >= 4 is 65.8 Å². The minimum absolute atomic E-state index is 0. The molecule has 0 bridgehead atoms. The van der Waals surface area contributed by atoms with E-state index in [-0.39, 0.29) is 52.9 Å². The molecule has 8 radical (unpaired) electrons. The predicted molar refractivity (Wildman–Crippen MR) is 46.7 cm³/mol. The van der Waals surface area contributed by atoms with Crippen molar-refractivity contribution in [2.45, 2.75) is 6.04 Å². The van der Waals surface area contributed by atoms with Gasteiger partial charge >= 0.3 is 5.97 Å². The van der Waals surface area contributed by atoms with Crippen molar-refractivity contribution in [2.24, 2.45) is 5.73 Å². The average Bonchev–Trinajstić information content (AvgIpc) is 1.65. The largest absolute Gasteiger partial charge is 0.480 e. The first kappa shape index (κ1) is 22.5. The normalized spacial score (nSPS) is 9.40. The summed E-state index contributed by atoms with van der Waals surface area (Å²) in [5.41, 5.74) is 4.94. The van der Waals surface area contributed by atoms with Crippen molar-refractivity contribution in [3.05, 3.63) is 0 Å². The van der Waals surface area contributed by atoms with E-state index in [1.807, 2.05) is 0 Å². The van der Waals surface area contributed by atoms with Gasteiger partial charge in [-0.1, -0.05) is 0 Å². The van der Waals surface area contributed by atoms with Crippen LogP contribution >= 0.6 is 12.6 Å². The summed E-state index contributed by atoms with van der Waals surface area (Å²) in [5.74, 6) is -0.815. The van der Waals surface area contributed by atoms with Crippen molar-refractivity contribution in [1.82, 2.24) is 0 Å². The first-order chi connectivity index (χ1) is 3.18. The Kier molecular flexibility index (Phi) is 28.7. The minimum Gasteiger partial charge on any atom is -0.480 e. The van der Waals surface area contributed by atoms with Gasteiger partial charge in [0.15, 0.2) is 0 Å². The van der Waals surface area contributed by atoms with Crippen LogP contribution < -0.4 is 5.73 Å². The van der Waals surface area contributed by atoms with Crippen LogP contribution in [-0.2, 0) is 4.79 Å². The standard InChI is InChI=1S/C3H7NO2S.Al.Li.Si/c4-2(1-7)3(5)6;;;/h2,7H,1,4H2,(H,5,6);;;/t2-;;;/m0.../s1. The summed E-state index contributed by atoms with van der Waals surface area (Å²) < 4.78 is 0. The molecule has 3 nitrogen and oxygen atoms in total. The van der Waals surface area contributed by atoms with Gasteiger partial charge in [-0.05, 0) is 0 Å². The maximum atomic E-state index is 9.76. The monoisotopic (exact) mass is 183 g/mol. The van der Waals surface area contributed by atoms with E-state index in [1.165, 1.54) is 0 Å². The van der Waals surface area contributed by atoms with Gasteiger partial charge in [-0.15, -0.1) is 0 Å². The second-order valence-electron chi connectivity index (χ2n) is 1.13. The van der Waals surface area contributed by atoms with Crippen molar-refractivity contribution in [3.8, 4) is 0 Å². The van der Waals surface area contributed by atoms with Gasteiger partial charge in [0.2, 0.25) is 0 Å². The molecule has 0 aliphatic heterocycles. The molecule has 0 aromatic carbocycles. The Balaban J connectivity index is -0.0000000600. The summed E-state index contributed by atoms with van der Waals surface area (Å²) in [4.78, 5) is 9.76. The Morgan fingerprint density at radius 2 is 2.00 bits per heavy atom. The number of hydrogen-bond donors (Lipinski definition) is 3. The number of carboxylic acid groups (broad SMARTS) is 1. The van der Waals surface area contributed by atoms with Crippen LogP contribution in [0.25, 0.3) is 0 Å². The SMILES string of the molecule is N[C@@H](CS)C(=O)O.[Al].[Li].[Si]. The van der Waals surface area contributed by atoms with Gasteiger partial charge < -0.3 is 10.8 Å². The van der Waals surface area contributed by atoms with Gasteiger partial charge in [0.05, 0.1) is 0 Å². The van der Waals surface area contributed by atoms with Crippen LogP contribution in [0.2, 0.25) is 0 Å². The van der Waals surface area contributed by atoms with Gasteiger partial charge in [-0.3, -0.25) is 4.79 Å². The molecule has 0 heterocycles. The quantitative estimate of drug-likeness (QED) is 0.349. The summed E-state index contributed by atoms with van der Waals surface area (Å²) in [6, 6.07) is -0.816. The molecule has 50 valence electrons. The summed E-state index contributed by atoms with van der Waals surface area (Å²) >= 11 is 3.65. The number of nitrogens with two attached hydrogens (primary N) is 1. The van der Waals surface area contributed by atoms with Crippen LogP contribution in [0.15, 0.2) is 0 Å². The number of aliphatic carboxylic acids is 1. The molecular weight excluding hydrogens is 176 g/mol. The molecule has 0 aromatic rings. The van der Waals surface area contributed by atoms with E-state index in [1.54, 1.807) is 0 Å². The van der Waals surface area contributed by atoms with Crippen molar-refractivity contribution in [3.63, 3.8) is 0 Å². The van der Waals surface area contributed by atoms with E-state index >= 15 is 0 Å². The fourth-order valence-corrected chi connectivity index (χ4v) is 0.234. The van der Waals surface area contributed by atoms with Crippen molar-refractivity contribution < 1.29 is 9.90 Å². The van der Waals surface area contributed by atoms with Gasteiger partial charge in [0.25, 0.3) is 0 Å². The topological polar surface area (TPSA) is 63.3 Å². The minimum atomic E-state index is -1.00. The van der Waals surface area contributed by atoms with Crippen molar-refractivity contribution in [1.29, 1.82) is 0 Å². The van der Waals surface area contributed by atoms with Crippen LogP contribution in [0.3, 0.4) is 0 Å². The zero-order valence-corrected chi connectivity index (χ0v) is 8.79. The van der Waals surface area contributed by atoms with E-state index < -0.39 is 12.0 Å². The number of hydrogen-bond acceptors (Lipinski definition) is 3. The van der Waals surface area contributed by atoms with E-state index in [0.717, 1.165) is 0 Å². The molecule has 0 aliphatic carbocycles. The van der Waals surface area contributed by atoms with E-state index in [4.69, 9.17) is 10.8 Å². The molecule has 0 spiro atoms. The van der Waals surface area contributed by atoms with Gasteiger partial charge in [0, 0.05) is 52.9 Å². The molecule has 3 N–H and O–H groups in total.